The Balaban J connectivity index is 1.59. The van der Waals surface area contributed by atoms with Crippen molar-refractivity contribution in [1.82, 2.24) is 30.3 Å². The monoisotopic (exact) mass is 413 g/mol. The number of fused-ring (bicyclic) bond motifs is 1. The summed E-state index contributed by atoms with van der Waals surface area (Å²) < 4.78 is 7.16. The highest BCUT2D eigenvalue weighted by atomic mass is 16.5. The van der Waals surface area contributed by atoms with Gasteiger partial charge < -0.3 is 20.3 Å². The molecule has 1 atom stereocenters. The molecule has 0 saturated heterocycles. The molecule has 9 heteroatoms. The van der Waals surface area contributed by atoms with E-state index < -0.39 is 0 Å². The van der Waals surface area contributed by atoms with E-state index in [1.807, 2.05) is 23.7 Å². The lowest BCUT2D eigenvalue weighted by atomic mass is 10.1. The number of carbonyl (C=O) groups excluding carboxylic acids is 1. The van der Waals surface area contributed by atoms with E-state index >= 15 is 0 Å². The summed E-state index contributed by atoms with van der Waals surface area (Å²) in [4.78, 5) is 22.5. The third-order valence-electron chi connectivity index (χ3n) is 5.04. The van der Waals surface area contributed by atoms with Crippen molar-refractivity contribution >= 4 is 11.9 Å². The van der Waals surface area contributed by atoms with Crippen LogP contribution >= 0.6 is 0 Å². The van der Waals surface area contributed by atoms with E-state index in [1.54, 1.807) is 26.1 Å². The first-order chi connectivity index (χ1) is 14.4. The second kappa shape index (κ2) is 10.1. The molecule has 0 spiro atoms. The van der Waals surface area contributed by atoms with Crippen LogP contribution in [0.1, 0.15) is 23.6 Å². The van der Waals surface area contributed by atoms with Crippen LogP contribution in [0.4, 0.5) is 0 Å². The molecule has 0 radical (unpaired) electrons. The molecule has 0 fully saturated rings. The number of guanidine groups is 1. The van der Waals surface area contributed by atoms with E-state index in [4.69, 9.17) is 4.74 Å². The Morgan fingerprint density at radius 1 is 1.33 bits per heavy atom. The van der Waals surface area contributed by atoms with Gasteiger partial charge in [-0.2, -0.15) is 5.10 Å². The Morgan fingerprint density at radius 3 is 2.80 bits per heavy atom. The zero-order valence-corrected chi connectivity index (χ0v) is 18.2. The number of carbonyl (C=O) groups is 1. The summed E-state index contributed by atoms with van der Waals surface area (Å²) in [6.07, 6.45) is 2.65. The van der Waals surface area contributed by atoms with Gasteiger partial charge in [-0.1, -0.05) is 12.1 Å². The van der Waals surface area contributed by atoms with Crippen molar-refractivity contribution in [3.63, 3.8) is 0 Å². The maximum atomic E-state index is 12.0. The number of aryl methyl sites for hydroxylation is 2. The molecule has 2 heterocycles. The van der Waals surface area contributed by atoms with Crippen molar-refractivity contribution in [3.8, 4) is 5.75 Å². The third-order valence-corrected chi connectivity index (χ3v) is 5.04. The van der Waals surface area contributed by atoms with E-state index in [2.05, 4.69) is 37.8 Å². The number of rotatable bonds is 7. The van der Waals surface area contributed by atoms with Gasteiger partial charge in [0.05, 0.1) is 13.7 Å². The molecule has 162 valence electrons. The normalized spacial score (nSPS) is 16.0. The van der Waals surface area contributed by atoms with E-state index in [0.29, 0.717) is 12.5 Å². The van der Waals surface area contributed by atoms with E-state index in [1.165, 1.54) is 5.56 Å². The van der Waals surface area contributed by atoms with Crippen molar-refractivity contribution in [3.05, 3.63) is 41.5 Å². The molecule has 0 bridgehead atoms. The summed E-state index contributed by atoms with van der Waals surface area (Å²) in [5.74, 6) is 3.28. The molecule has 1 unspecified atom stereocenters. The van der Waals surface area contributed by atoms with Crippen LogP contribution < -0.4 is 15.4 Å². The fraction of sp³-hybridized carbons (Fsp3) is 0.524. The first kappa shape index (κ1) is 21.6. The molecule has 1 aromatic carbocycles. The van der Waals surface area contributed by atoms with Crippen LogP contribution in [0.15, 0.2) is 29.3 Å². The number of nitrogens with zero attached hydrogens (tertiary/aromatic N) is 5. The smallest absolute Gasteiger partial charge is 0.243 e. The minimum Gasteiger partial charge on any atom is -0.497 e. The minimum atomic E-state index is -0.0379. The standard InChI is InChI=1S/C21H31N7O2/c1-15-24-19-10-7-17(14-28(19)26-15)25-21(23-13-20(29)27(2)3)22-12-11-16-5-8-18(30-4)9-6-16/h5-6,8-9,17H,7,10-14H2,1-4H3,(H2,22,23,25). The summed E-state index contributed by atoms with van der Waals surface area (Å²) >= 11 is 0. The molecule has 0 saturated carbocycles. The number of nitrogens with one attached hydrogen (secondary N) is 2. The average Bonchev–Trinajstić information content (AvgIpc) is 3.11. The second-order valence-corrected chi connectivity index (χ2v) is 7.62. The number of amides is 1. The lowest BCUT2D eigenvalue weighted by molar-refractivity contribution is -0.127. The quantitative estimate of drug-likeness (QED) is 0.514. The number of ether oxygens (including phenoxy) is 1. The fourth-order valence-corrected chi connectivity index (χ4v) is 3.30. The van der Waals surface area contributed by atoms with Crippen LogP contribution in [0, 0.1) is 6.92 Å². The Labute approximate surface area is 177 Å². The van der Waals surface area contributed by atoms with Crippen LogP contribution in [0.25, 0.3) is 0 Å². The zero-order valence-electron chi connectivity index (χ0n) is 18.2. The lowest BCUT2D eigenvalue weighted by Gasteiger charge is -2.25. The van der Waals surface area contributed by atoms with Crippen molar-refractivity contribution < 1.29 is 9.53 Å². The summed E-state index contributed by atoms with van der Waals surface area (Å²) in [5, 5.41) is 11.3. The summed E-state index contributed by atoms with van der Waals surface area (Å²) in [5.41, 5.74) is 1.20. The van der Waals surface area contributed by atoms with E-state index in [9.17, 15) is 4.79 Å². The Hall–Kier alpha value is -3.10. The number of methoxy groups -OCH3 is 1. The lowest BCUT2D eigenvalue weighted by Crippen LogP contribution is -2.48. The molecule has 1 amide bonds. The van der Waals surface area contributed by atoms with Crippen LogP contribution in [-0.2, 0) is 24.2 Å². The molecule has 30 heavy (non-hydrogen) atoms. The predicted octanol–water partition coefficient (Wildman–Crippen LogP) is 0.776. The van der Waals surface area contributed by atoms with Gasteiger partial charge in [0.15, 0.2) is 5.96 Å². The molecule has 2 N–H and O–H groups in total. The summed E-state index contributed by atoms with van der Waals surface area (Å²) in [6, 6.07) is 8.20. The Bertz CT molecular complexity index is 874. The molecule has 1 aromatic heterocycles. The van der Waals surface area contributed by atoms with Gasteiger partial charge in [-0.25, -0.2) is 14.7 Å². The van der Waals surface area contributed by atoms with Gasteiger partial charge in [0.1, 0.15) is 23.9 Å². The van der Waals surface area contributed by atoms with Crippen LogP contribution in [-0.4, -0.2) is 71.9 Å². The molecular formula is C21H31N7O2. The maximum Gasteiger partial charge on any atom is 0.243 e. The van der Waals surface area contributed by atoms with Gasteiger partial charge in [-0.15, -0.1) is 0 Å². The first-order valence-corrected chi connectivity index (χ1v) is 10.2. The van der Waals surface area contributed by atoms with E-state index in [-0.39, 0.29) is 18.5 Å². The Kier molecular flexibility index (Phi) is 7.26. The molecule has 1 aliphatic heterocycles. The largest absolute Gasteiger partial charge is 0.497 e. The average molecular weight is 414 g/mol. The molecular weight excluding hydrogens is 382 g/mol. The molecule has 3 rings (SSSR count). The molecule has 1 aliphatic rings. The highest BCUT2D eigenvalue weighted by molar-refractivity contribution is 5.84. The van der Waals surface area contributed by atoms with Crippen LogP contribution in [0.2, 0.25) is 0 Å². The van der Waals surface area contributed by atoms with Gasteiger partial charge in [0.25, 0.3) is 0 Å². The van der Waals surface area contributed by atoms with E-state index in [0.717, 1.165) is 43.2 Å². The van der Waals surface area contributed by atoms with Crippen molar-refractivity contribution in [2.75, 3.05) is 34.3 Å². The third kappa shape index (κ3) is 5.95. The first-order valence-electron chi connectivity index (χ1n) is 10.2. The van der Waals surface area contributed by atoms with Crippen LogP contribution in [0.3, 0.4) is 0 Å². The molecule has 2 aromatic rings. The number of hydrogen-bond donors (Lipinski definition) is 2. The van der Waals surface area contributed by atoms with Gasteiger partial charge in [-0.05, 0) is 37.5 Å². The number of hydrogen-bond acceptors (Lipinski definition) is 5. The summed E-state index contributed by atoms with van der Waals surface area (Å²) in [7, 11) is 5.13. The fourth-order valence-electron chi connectivity index (χ4n) is 3.30. The van der Waals surface area contributed by atoms with Crippen LogP contribution in [0.5, 0.6) is 5.75 Å². The van der Waals surface area contributed by atoms with Crippen molar-refractivity contribution in [1.29, 1.82) is 0 Å². The topological polar surface area (TPSA) is 96.7 Å². The van der Waals surface area contributed by atoms with Crippen molar-refractivity contribution in [2.24, 2.45) is 4.99 Å². The van der Waals surface area contributed by atoms with Gasteiger partial charge in [0, 0.05) is 33.1 Å². The number of benzene rings is 1. The van der Waals surface area contributed by atoms with Gasteiger partial charge in [0.2, 0.25) is 5.91 Å². The number of aromatic nitrogens is 3. The number of likely N-dealkylation sites (N-methyl/N-ethyl adjacent to an activating group) is 1. The zero-order chi connectivity index (χ0) is 21.5. The highest BCUT2D eigenvalue weighted by Gasteiger charge is 2.21. The summed E-state index contributed by atoms with van der Waals surface area (Å²) in [6.45, 7) is 3.45. The molecule has 0 aliphatic carbocycles. The van der Waals surface area contributed by atoms with Gasteiger partial charge >= 0.3 is 0 Å². The maximum absolute atomic E-state index is 12.0. The predicted molar refractivity (Wildman–Crippen MR) is 116 cm³/mol. The highest BCUT2D eigenvalue weighted by Crippen LogP contribution is 2.13. The Morgan fingerprint density at radius 2 is 2.10 bits per heavy atom. The van der Waals surface area contributed by atoms with Gasteiger partial charge in [-0.3, -0.25) is 4.79 Å². The minimum absolute atomic E-state index is 0.0379. The second-order valence-electron chi connectivity index (χ2n) is 7.62. The number of aliphatic imine (C=N–C) groups is 1. The molecule has 9 nitrogen and oxygen atoms in total. The van der Waals surface area contributed by atoms with Crippen molar-refractivity contribution in [2.45, 2.75) is 38.8 Å². The SMILES string of the molecule is COc1ccc(CCNC(=NCC(=O)N(C)C)NC2CCc3nc(C)nn3C2)cc1.